The fourth-order valence-electron chi connectivity index (χ4n) is 3.84. The Morgan fingerprint density at radius 1 is 1.11 bits per heavy atom. The van der Waals surface area contributed by atoms with E-state index in [2.05, 4.69) is 4.90 Å². The number of anilines is 1. The molecule has 0 spiro atoms. The van der Waals surface area contributed by atoms with Crippen LogP contribution in [0.5, 0.6) is 0 Å². The Kier molecular flexibility index (Phi) is 3.74. The molecule has 2 atom stereocenters. The van der Waals surface area contributed by atoms with Crippen molar-refractivity contribution < 1.29 is 9.50 Å². The molecule has 1 aliphatic heterocycles. The van der Waals surface area contributed by atoms with Crippen molar-refractivity contribution in [2.45, 2.75) is 51.2 Å². The minimum atomic E-state index is -0.237. The lowest BCUT2D eigenvalue weighted by molar-refractivity contribution is 0.243. The molecule has 0 amide bonds. The number of rotatable bonds is 2. The van der Waals surface area contributed by atoms with Crippen LogP contribution >= 0.6 is 0 Å². The Balaban J connectivity index is 1.89. The average molecular weight is 263 g/mol. The van der Waals surface area contributed by atoms with Crippen LogP contribution in [0.1, 0.15) is 44.1 Å². The van der Waals surface area contributed by atoms with E-state index in [1.165, 1.54) is 44.6 Å². The number of fused-ring (bicyclic) bond motifs is 1. The van der Waals surface area contributed by atoms with Crippen LogP contribution in [0.3, 0.4) is 0 Å². The van der Waals surface area contributed by atoms with Crippen molar-refractivity contribution in [2.75, 3.05) is 11.4 Å². The maximum absolute atomic E-state index is 13.7. The molecule has 2 fully saturated rings. The summed E-state index contributed by atoms with van der Waals surface area (Å²) in [6, 6.07) is 5.57. The Morgan fingerprint density at radius 2 is 1.89 bits per heavy atom. The molecule has 0 aromatic heterocycles. The normalized spacial score (nSPS) is 27.2. The van der Waals surface area contributed by atoms with Gasteiger partial charge in [-0.3, -0.25) is 0 Å². The zero-order chi connectivity index (χ0) is 13.2. The molecule has 0 unspecified atom stereocenters. The summed E-state index contributed by atoms with van der Waals surface area (Å²) < 4.78 is 13.7. The van der Waals surface area contributed by atoms with Gasteiger partial charge in [0.05, 0.1) is 6.61 Å². The lowest BCUT2D eigenvalue weighted by atomic mass is 9.78. The molecule has 1 aromatic carbocycles. The van der Waals surface area contributed by atoms with Gasteiger partial charge >= 0.3 is 0 Å². The van der Waals surface area contributed by atoms with Gasteiger partial charge in [0, 0.05) is 18.3 Å². The second kappa shape index (κ2) is 5.49. The summed E-state index contributed by atoms with van der Waals surface area (Å²) in [5.74, 6) is 0.544. The van der Waals surface area contributed by atoms with Crippen LogP contribution < -0.4 is 4.90 Å². The lowest BCUT2D eigenvalue weighted by Gasteiger charge is -2.45. The zero-order valence-electron chi connectivity index (χ0n) is 11.3. The SMILES string of the molecule is OCc1cc(F)cc(N2CCC[C@H]3CCCC[C@H]32)c1. The number of benzene rings is 1. The predicted molar refractivity (Wildman–Crippen MR) is 74.6 cm³/mol. The smallest absolute Gasteiger partial charge is 0.125 e. The van der Waals surface area contributed by atoms with E-state index in [-0.39, 0.29) is 12.4 Å². The molecule has 1 aliphatic carbocycles. The second-order valence-electron chi connectivity index (χ2n) is 5.92. The summed E-state index contributed by atoms with van der Waals surface area (Å²) >= 11 is 0. The van der Waals surface area contributed by atoms with Gasteiger partial charge in [-0.2, -0.15) is 0 Å². The third-order valence-corrected chi connectivity index (χ3v) is 4.70. The molecule has 2 nitrogen and oxygen atoms in total. The quantitative estimate of drug-likeness (QED) is 0.883. The van der Waals surface area contributed by atoms with Gasteiger partial charge in [0.25, 0.3) is 0 Å². The highest BCUT2D eigenvalue weighted by Gasteiger charge is 2.33. The van der Waals surface area contributed by atoms with E-state index < -0.39 is 0 Å². The van der Waals surface area contributed by atoms with Crippen molar-refractivity contribution in [1.82, 2.24) is 0 Å². The molecular formula is C16H22FNO. The first-order chi connectivity index (χ1) is 9.28. The number of aliphatic hydroxyl groups is 1. The van der Waals surface area contributed by atoms with Gasteiger partial charge in [0.15, 0.2) is 0 Å². The molecule has 3 rings (SSSR count). The van der Waals surface area contributed by atoms with Crippen molar-refractivity contribution in [3.05, 3.63) is 29.6 Å². The molecule has 1 aromatic rings. The van der Waals surface area contributed by atoms with Crippen LogP contribution in [0.2, 0.25) is 0 Å². The molecule has 1 saturated heterocycles. The molecular weight excluding hydrogens is 241 g/mol. The van der Waals surface area contributed by atoms with Gasteiger partial charge in [0.2, 0.25) is 0 Å². The summed E-state index contributed by atoms with van der Waals surface area (Å²) in [6.07, 6.45) is 7.72. The molecule has 1 N–H and O–H groups in total. The monoisotopic (exact) mass is 263 g/mol. The van der Waals surface area contributed by atoms with Crippen LogP contribution in [0.15, 0.2) is 18.2 Å². The maximum Gasteiger partial charge on any atom is 0.125 e. The third-order valence-electron chi connectivity index (χ3n) is 4.70. The molecule has 104 valence electrons. The number of nitrogens with zero attached hydrogens (tertiary/aromatic N) is 1. The minimum Gasteiger partial charge on any atom is -0.392 e. The highest BCUT2D eigenvalue weighted by molar-refractivity contribution is 5.50. The largest absolute Gasteiger partial charge is 0.392 e. The Hall–Kier alpha value is -1.09. The molecule has 1 heterocycles. The van der Waals surface area contributed by atoms with E-state index >= 15 is 0 Å². The Morgan fingerprint density at radius 3 is 2.74 bits per heavy atom. The topological polar surface area (TPSA) is 23.5 Å². The second-order valence-corrected chi connectivity index (χ2v) is 5.92. The summed E-state index contributed by atoms with van der Waals surface area (Å²) in [6.45, 7) is 0.933. The Bertz CT molecular complexity index is 446. The van der Waals surface area contributed by atoms with Crippen LogP contribution in [0.4, 0.5) is 10.1 Å². The first-order valence-corrected chi connectivity index (χ1v) is 7.45. The van der Waals surface area contributed by atoms with E-state index in [4.69, 9.17) is 0 Å². The van der Waals surface area contributed by atoms with Gasteiger partial charge in [0.1, 0.15) is 5.82 Å². The van der Waals surface area contributed by atoms with E-state index in [1.54, 1.807) is 6.07 Å². The number of hydrogen-bond donors (Lipinski definition) is 1. The van der Waals surface area contributed by atoms with Crippen molar-refractivity contribution >= 4 is 5.69 Å². The van der Waals surface area contributed by atoms with Gasteiger partial charge in [-0.1, -0.05) is 12.8 Å². The van der Waals surface area contributed by atoms with Crippen LogP contribution in [0.25, 0.3) is 0 Å². The standard InChI is InChI=1S/C16H22FNO/c17-14-8-12(11-19)9-15(10-14)18-7-3-5-13-4-1-2-6-16(13)18/h8-10,13,16,19H,1-7,11H2/t13-,16-/m1/s1. The summed E-state index contributed by atoms with van der Waals surface area (Å²) in [5.41, 5.74) is 1.63. The van der Waals surface area contributed by atoms with Crippen LogP contribution in [-0.4, -0.2) is 17.7 Å². The minimum absolute atomic E-state index is 0.0906. The molecule has 0 bridgehead atoms. The van der Waals surface area contributed by atoms with Crippen LogP contribution in [0, 0.1) is 11.7 Å². The summed E-state index contributed by atoms with van der Waals surface area (Å²) in [4.78, 5) is 2.38. The van der Waals surface area contributed by atoms with Crippen molar-refractivity contribution in [3.8, 4) is 0 Å². The van der Waals surface area contributed by atoms with E-state index in [9.17, 15) is 9.50 Å². The molecule has 19 heavy (non-hydrogen) atoms. The van der Waals surface area contributed by atoms with E-state index in [1.807, 2.05) is 6.07 Å². The van der Waals surface area contributed by atoms with E-state index in [0.29, 0.717) is 11.6 Å². The Labute approximate surface area is 114 Å². The molecule has 3 heteroatoms. The highest BCUT2D eigenvalue weighted by Crippen LogP contribution is 2.38. The van der Waals surface area contributed by atoms with Gasteiger partial charge < -0.3 is 10.0 Å². The fourth-order valence-corrected chi connectivity index (χ4v) is 3.84. The molecule has 2 aliphatic rings. The fraction of sp³-hybridized carbons (Fsp3) is 0.625. The first-order valence-electron chi connectivity index (χ1n) is 7.45. The first kappa shape index (κ1) is 12.9. The van der Waals surface area contributed by atoms with Gasteiger partial charge in [-0.05, 0) is 55.4 Å². The number of piperidine rings is 1. The number of halogens is 1. The number of aliphatic hydroxyl groups excluding tert-OH is 1. The molecule has 1 saturated carbocycles. The van der Waals surface area contributed by atoms with Crippen molar-refractivity contribution in [2.24, 2.45) is 5.92 Å². The highest BCUT2D eigenvalue weighted by atomic mass is 19.1. The maximum atomic E-state index is 13.7. The van der Waals surface area contributed by atoms with Crippen molar-refractivity contribution in [3.63, 3.8) is 0 Å². The zero-order valence-corrected chi connectivity index (χ0v) is 11.3. The summed E-state index contributed by atoms with van der Waals surface area (Å²) in [7, 11) is 0. The average Bonchev–Trinajstić information content (AvgIpc) is 2.46. The third kappa shape index (κ3) is 2.62. The molecule has 0 radical (unpaired) electrons. The predicted octanol–water partition coefficient (Wildman–Crippen LogP) is 3.48. The van der Waals surface area contributed by atoms with Crippen LogP contribution in [-0.2, 0) is 6.61 Å². The number of hydrogen-bond acceptors (Lipinski definition) is 2. The van der Waals surface area contributed by atoms with Gasteiger partial charge in [-0.25, -0.2) is 4.39 Å². The van der Waals surface area contributed by atoms with Gasteiger partial charge in [-0.15, -0.1) is 0 Å². The van der Waals surface area contributed by atoms with Crippen molar-refractivity contribution in [1.29, 1.82) is 0 Å². The lowest BCUT2D eigenvalue weighted by Crippen LogP contribution is -2.47. The summed E-state index contributed by atoms with van der Waals surface area (Å²) in [5, 5.41) is 9.23. The van der Waals surface area contributed by atoms with E-state index in [0.717, 1.165) is 18.2 Å².